The smallest absolute Gasteiger partial charge is 0.255 e. The third-order valence-corrected chi connectivity index (χ3v) is 3.64. The Hall–Kier alpha value is -1.62. The van der Waals surface area contributed by atoms with Crippen molar-refractivity contribution in [2.75, 3.05) is 13.1 Å². The number of H-pyrrole nitrogens is 1. The Kier molecular flexibility index (Phi) is 3.81. The summed E-state index contributed by atoms with van der Waals surface area (Å²) in [5.74, 6) is 0.335. The molecule has 1 saturated heterocycles. The van der Waals surface area contributed by atoms with Crippen LogP contribution in [0.4, 0.5) is 0 Å². The van der Waals surface area contributed by atoms with Crippen LogP contribution < -0.4 is 11.3 Å². The molecule has 1 aliphatic rings. The van der Waals surface area contributed by atoms with Crippen LogP contribution in [-0.4, -0.2) is 34.9 Å². The van der Waals surface area contributed by atoms with Gasteiger partial charge in [-0.25, -0.2) is 0 Å². The van der Waals surface area contributed by atoms with E-state index < -0.39 is 0 Å². The van der Waals surface area contributed by atoms with E-state index in [9.17, 15) is 9.59 Å². The van der Waals surface area contributed by atoms with Gasteiger partial charge in [0.1, 0.15) is 0 Å². The van der Waals surface area contributed by atoms with Gasteiger partial charge in [-0.05, 0) is 18.4 Å². The van der Waals surface area contributed by atoms with Crippen molar-refractivity contribution in [1.82, 2.24) is 9.88 Å². The summed E-state index contributed by atoms with van der Waals surface area (Å²) in [6, 6.07) is 3.13. The fraction of sp³-hybridized carbons (Fsp3) is 0.538. The van der Waals surface area contributed by atoms with E-state index in [1.165, 1.54) is 12.3 Å². The normalized spacial score (nSPS) is 24.0. The zero-order valence-corrected chi connectivity index (χ0v) is 10.6. The Morgan fingerprint density at radius 1 is 1.56 bits per heavy atom. The van der Waals surface area contributed by atoms with Crippen molar-refractivity contribution in [2.24, 2.45) is 11.7 Å². The molecule has 1 amide bonds. The van der Waals surface area contributed by atoms with Gasteiger partial charge in [-0.2, -0.15) is 0 Å². The molecule has 98 valence electrons. The van der Waals surface area contributed by atoms with E-state index in [1.54, 1.807) is 6.07 Å². The average molecular weight is 249 g/mol. The maximum absolute atomic E-state index is 12.2. The van der Waals surface area contributed by atoms with Gasteiger partial charge in [0.25, 0.3) is 5.91 Å². The molecule has 2 unspecified atom stereocenters. The summed E-state index contributed by atoms with van der Waals surface area (Å²) in [4.78, 5) is 27.6. The maximum Gasteiger partial charge on any atom is 0.255 e. The first-order valence-corrected chi connectivity index (χ1v) is 6.35. The van der Waals surface area contributed by atoms with Crippen molar-refractivity contribution in [3.05, 3.63) is 34.2 Å². The average Bonchev–Trinajstić information content (AvgIpc) is 2.39. The van der Waals surface area contributed by atoms with Crippen molar-refractivity contribution >= 4 is 5.91 Å². The minimum Gasteiger partial charge on any atom is -0.338 e. The number of aromatic amines is 1. The zero-order chi connectivity index (χ0) is 13.1. The minimum atomic E-state index is -0.196. The number of pyridine rings is 1. The number of piperidine rings is 1. The van der Waals surface area contributed by atoms with Crippen LogP contribution in [0, 0.1) is 5.92 Å². The van der Waals surface area contributed by atoms with E-state index in [2.05, 4.69) is 11.9 Å². The summed E-state index contributed by atoms with van der Waals surface area (Å²) in [6.07, 6.45) is 3.30. The van der Waals surface area contributed by atoms with Crippen molar-refractivity contribution in [3.8, 4) is 0 Å². The second-order valence-corrected chi connectivity index (χ2v) is 4.81. The number of nitrogens with one attached hydrogen (secondary N) is 1. The molecule has 2 heterocycles. The molecule has 2 rings (SSSR count). The van der Waals surface area contributed by atoms with Gasteiger partial charge in [0.05, 0.1) is 5.56 Å². The molecule has 0 saturated carbocycles. The maximum atomic E-state index is 12.2. The van der Waals surface area contributed by atoms with Gasteiger partial charge in [-0.1, -0.05) is 13.3 Å². The molecule has 5 heteroatoms. The van der Waals surface area contributed by atoms with Gasteiger partial charge in [-0.3, -0.25) is 9.59 Å². The summed E-state index contributed by atoms with van der Waals surface area (Å²) in [6.45, 7) is 3.49. The second-order valence-electron chi connectivity index (χ2n) is 4.81. The molecule has 1 aromatic heterocycles. The summed E-state index contributed by atoms with van der Waals surface area (Å²) >= 11 is 0. The number of hydrogen-bond donors (Lipinski definition) is 2. The number of carbonyl (C=O) groups is 1. The van der Waals surface area contributed by atoms with Gasteiger partial charge >= 0.3 is 0 Å². The zero-order valence-electron chi connectivity index (χ0n) is 10.6. The van der Waals surface area contributed by atoms with Crippen LogP contribution in [0.5, 0.6) is 0 Å². The summed E-state index contributed by atoms with van der Waals surface area (Å²) in [7, 11) is 0. The number of rotatable bonds is 2. The lowest BCUT2D eigenvalue weighted by Crippen LogP contribution is -2.49. The molecular weight excluding hydrogens is 230 g/mol. The van der Waals surface area contributed by atoms with Crippen LogP contribution in [0.3, 0.4) is 0 Å². The highest BCUT2D eigenvalue weighted by Crippen LogP contribution is 2.19. The van der Waals surface area contributed by atoms with E-state index >= 15 is 0 Å². The first-order valence-electron chi connectivity index (χ1n) is 6.35. The quantitative estimate of drug-likeness (QED) is 0.804. The molecule has 0 aliphatic carbocycles. The van der Waals surface area contributed by atoms with E-state index in [0.29, 0.717) is 24.6 Å². The summed E-state index contributed by atoms with van der Waals surface area (Å²) in [5.41, 5.74) is 6.36. The van der Waals surface area contributed by atoms with Gasteiger partial charge in [0.2, 0.25) is 5.56 Å². The molecule has 1 fully saturated rings. The van der Waals surface area contributed by atoms with Crippen LogP contribution in [0.1, 0.15) is 30.1 Å². The van der Waals surface area contributed by atoms with E-state index in [1.807, 2.05) is 4.90 Å². The molecule has 3 N–H and O–H groups in total. The molecule has 0 radical (unpaired) electrons. The van der Waals surface area contributed by atoms with Crippen LogP contribution in [-0.2, 0) is 0 Å². The lowest BCUT2D eigenvalue weighted by molar-refractivity contribution is 0.0648. The Balaban J connectivity index is 2.10. The summed E-state index contributed by atoms with van der Waals surface area (Å²) < 4.78 is 0. The Labute approximate surface area is 106 Å². The Morgan fingerprint density at radius 2 is 2.33 bits per heavy atom. The predicted octanol–water partition coefficient (Wildman–Crippen LogP) is 0.574. The van der Waals surface area contributed by atoms with E-state index in [-0.39, 0.29) is 17.5 Å². The molecule has 1 aliphatic heterocycles. The summed E-state index contributed by atoms with van der Waals surface area (Å²) in [5, 5.41) is 0. The Bertz CT molecular complexity index is 463. The van der Waals surface area contributed by atoms with Crippen LogP contribution in [0.15, 0.2) is 23.1 Å². The minimum absolute atomic E-state index is 0.0309. The van der Waals surface area contributed by atoms with Gasteiger partial charge in [-0.15, -0.1) is 0 Å². The first kappa shape index (κ1) is 12.8. The van der Waals surface area contributed by atoms with Crippen LogP contribution in [0.25, 0.3) is 0 Å². The highest BCUT2D eigenvalue weighted by Gasteiger charge is 2.28. The lowest BCUT2D eigenvalue weighted by Gasteiger charge is -2.36. The lowest BCUT2D eigenvalue weighted by atomic mass is 9.90. The number of likely N-dealkylation sites (tertiary alicyclic amines) is 1. The third-order valence-electron chi connectivity index (χ3n) is 3.64. The van der Waals surface area contributed by atoms with Crippen LogP contribution in [0.2, 0.25) is 0 Å². The number of amides is 1. The fourth-order valence-corrected chi connectivity index (χ4v) is 2.39. The molecule has 0 spiro atoms. The van der Waals surface area contributed by atoms with Gasteiger partial charge < -0.3 is 15.6 Å². The number of hydrogen-bond acceptors (Lipinski definition) is 3. The SMILES string of the molecule is CCC1CN(C(=O)c2ccc(=O)[nH]c2)CCC1N. The molecule has 5 nitrogen and oxygen atoms in total. The number of carbonyl (C=O) groups excluding carboxylic acids is 1. The monoisotopic (exact) mass is 249 g/mol. The molecule has 1 aromatic rings. The molecule has 0 bridgehead atoms. The van der Waals surface area contributed by atoms with Crippen molar-refractivity contribution < 1.29 is 4.79 Å². The number of nitrogens with two attached hydrogens (primary N) is 1. The van der Waals surface area contributed by atoms with Crippen molar-refractivity contribution in [3.63, 3.8) is 0 Å². The van der Waals surface area contributed by atoms with Crippen molar-refractivity contribution in [1.29, 1.82) is 0 Å². The second kappa shape index (κ2) is 5.35. The van der Waals surface area contributed by atoms with Crippen molar-refractivity contribution in [2.45, 2.75) is 25.8 Å². The standard InChI is InChI=1S/C13H19N3O2/c1-2-9-8-16(6-5-11(9)14)13(18)10-3-4-12(17)15-7-10/h3-4,7,9,11H,2,5-6,8,14H2,1H3,(H,15,17). The molecule has 2 atom stereocenters. The van der Waals surface area contributed by atoms with Gasteiger partial charge in [0, 0.05) is 31.4 Å². The number of nitrogens with zero attached hydrogens (tertiary/aromatic N) is 1. The van der Waals surface area contributed by atoms with Crippen LogP contribution >= 0.6 is 0 Å². The first-order chi connectivity index (χ1) is 8.61. The molecular formula is C13H19N3O2. The Morgan fingerprint density at radius 3 is 2.94 bits per heavy atom. The third kappa shape index (κ3) is 2.61. The highest BCUT2D eigenvalue weighted by atomic mass is 16.2. The molecule has 0 aromatic carbocycles. The fourth-order valence-electron chi connectivity index (χ4n) is 2.39. The topological polar surface area (TPSA) is 79.2 Å². The largest absolute Gasteiger partial charge is 0.338 e. The highest BCUT2D eigenvalue weighted by molar-refractivity contribution is 5.93. The number of aromatic nitrogens is 1. The van der Waals surface area contributed by atoms with E-state index in [4.69, 9.17) is 5.73 Å². The van der Waals surface area contributed by atoms with E-state index in [0.717, 1.165) is 12.8 Å². The molecule has 18 heavy (non-hydrogen) atoms. The van der Waals surface area contributed by atoms with Gasteiger partial charge in [0.15, 0.2) is 0 Å². The predicted molar refractivity (Wildman–Crippen MR) is 69.3 cm³/mol.